The van der Waals surface area contributed by atoms with E-state index in [0.29, 0.717) is 42.9 Å². The second-order valence-corrected chi connectivity index (χ2v) is 6.68. The number of nitrogens with one attached hydrogen (secondary N) is 2. The first-order chi connectivity index (χ1) is 11.7. The Morgan fingerprint density at radius 2 is 1.92 bits per heavy atom. The summed E-state index contributed by atoms with van der Waals surface area (Å²) in [6, 6.07) is 5.72. The first-order valence-corrected chi connectivity index (χ1v) is 9.30. The molecule has 142 valence electrons. The number of carbonyl (C=O) groups is 1. The maximum absolute atomic E-state index is 11.9. The number of carbonyl (C=O) groups excluding carboxylic acids is 1. The molecule has 2 N–H and O–H groups in total. The first kappa shape index (κ1) is 21.7. The summed E-state index contributed by atoms with van der Waals surface area (Å²) < 4.78 is 16.1. The highest BCUT2D eigenvalue weighted by molar-refractivity contribution is 7.99. The van der Waals surface area contributed by atoms with Gasteiger partial charge in [0.1, 0.15) is 17.2 Å². The minimum absolute atomic E-state index is 0. The van der Waals surface area contributed by atoms with Gasteiger partial charge in [0.15, 0.2) is 0 Å². The monoisotopic (exact) mass is 390 g/mol. The molecule has 0 radical (unpaired) electrons. The average Bonchev–Trinajstić information content (AvgIpc) is 2.62. The van der Waals surface area contributed by atoms with Gasteiger partial charge < -0.3 is 24.8 Å². The second kappa shape index (κ2) is 12.1. The highest BCUT2D eigenvalue weighted by atomic mass is 35.5. The van der Waals surface area contributed by atoms with Crippen LogP contribution in [0.2, 0.25) is 0 Å². The fourth-order valence-electron chi connectivity index (χ4n) is 2.40. The van der Waals surface area contributed by atoms with Crippen molar-refractivity contribution in [3.8, 4) is 17.2 Å². The SMILES string of the molecule is COc1cc(OC)cc(OCCCNC(=O)CC2CSCCN2)c1.Cl. The van der Waals surface area contributed by atoms with Crippen LogP contribution in [0.5, 0.6) is 17.2 Å². The number of halogens is 1. The molecule has 25 heavy (non-hydrogen) atoms. The van der Waals surface area contributed by atoms with Gasteiger partial charge in [0, 0.05) is 55.3 Å². The van der Waals surface area contributed by atoms with Crippen LogP contribution in [0.3, 0.4) is 0 Å². The van der Waals surface area contributed by atoms with Gasteiger partial charge in [-0.3, -0.25) is 4.79 Å². The van der Waals surface area contributed by atoms with E-state index < -0.39 is 0 Å². The second-order valence-electron chi connectivity index (χ2n) is 5.53. The van der Waals surface area contributed by atoms with Crippen molar-refractivity contribution in [2.75, 3.05) is 45.4 Å². The third kappa shape index (κ3) is 8.07. The van der Waals surface area contributed by atoms with Crippen LogP contribution in [-0.4, -0.2) is 57.4 Å². The zero-order valence-electron chi connectivity index (χ0n) is 14.7. The summed E-state index contributed by atoms with van der Waals surface area (Å²) >= 11 is 1.90. The standard InChI is InChI=1S/C17H26N2O4S.ClH/c1-21-14-9-15(22-2)11-16(10-14)23-6-3-4-19-17(20)8-13-12-24-7-5-18-13;/h9-11,13,18H,3-8,12H2,1-2H3,(H,19,20);1H. The molecule has 0 spiro atoms. The van der Waals surface area contributed by atoms with Gasteiger partial charge in [-0.25, -0.2) is 0 Å². The summed E-state index contributed by atoms with van der Waals surface area (Å²) in [6.45, 7) is 2.12. The van der Waals surface area contributed by atoms with E-state index >= 15 is 0 Å². The topological polar surface area (TPSA) is 68.8 Å². The lowest BCUT2D eigenvalue weighted by Gasteiger charge is -2.22. The lowest BCUT2D eigenvalue weighted by atomic mass is 10.2. The van der Waals surface area contributed by atoms with Crippen LogP contribution < -0.4 is 24.8 Å². The number of rotatable bonds is 9. The van der Waals surface area contributed by atoms with Gasteiger partial charge in [0.2, 0.25) is 5.91 Å². The molecule has 1 aliphatic rings. The Morgan fingerprint density at radius 3 is 2.52 bits per heavy atom. The van der Waals surface area contributed by atoms with Crippen LogP contribution >= 0.6 is 24.2 Å². The molecule has 0 saturated carbocycles. The van der Waals surface area contributed by atoms with Crippen LogP contribution in [0.4, 0.5) is 0 Å². The molecule has 1 amide bonds. The molecule has 2 rings (SSSR count). The number of amides is 1. The molecular formula is C17H27ClN2O4S. The van der Waals surface area contributed by atoms with E-state index in [1.807, 2.05) is 23.9 Å². The molecule has 1 aromatic carbocycles. The minimum atomic E-state index is 0. The van der Waals surface area contributed by atoms with Crippen molar-refractivity contribution < 1.29 is 19.0 Å². The van der Waals surface area contributed by atoms with E-state index in [4.69, 9.17) is 14.2 Å². The molecule has 8 heteroatoms. The predicted molar refractivity (Wildman–Crippen MR) is 104 cm³/mol. The van der Waals surface area contributed by atoms with E-state index in [-0.39, 0.29) is 18.3 Å². The van der Waals surface area contributed by atoms with E-state index in [0.717, 1.165) is 24.5 Å². The van der Waals surface area contributed by atoms with E-state index in [2.05, 4.69) is 10.6 Å². The number of ether oxygens (including phenoxy) is 3. The Labute approximate surface area is 159 Å². The quantitative estimate of drug-likeness (QED) is 0.629. The molecule has 1 atom stereocenters. The third-order valence-corrected chi connectivity index (χ3v) is 4.80. The Kier molecular flexibility index (Phi) is 10.5. The van der Waals surface area contributed by atoms with E-state index in [9.17, 15) is 4.79 Å². The normalized spacial score (nSPS) is 16.5. The number of thioether (sulfide) groups is 1. The fraction of sp³-hybridized carbons (Fsp3) is 0.588. The zero-order valence-corrected chi connectivity index (χ0v) is 16.3. The molecule has 1 saturated heterocycles. The molecule has 0 aromatic heterocycles. The Bertz CT molecular complexity index is 505. The maximum atomic E-state index is 11.9. The minimum Gasteiger partial charge on any atom is -0.496 e. The van der Waals surface area contributed by atoms with Gasteiger partial charge in [-0.05, 0) is 6.42 Å². The Balaban J connectivity index is 0.00000312. The highest BCUT2D eigenvalue weighted by Crippen LogP contribution is 2.27. The van der Waals surface area contributed by atoms with Crippen molar-refractivity contribution in [2.24, 2.45) is 0 Å². The zero-order chi connectivity index (χ0) is 17.2. The van der Waals surface area contributed by atoms with Crippen molar-refractivity contribution in [3.63, 3.8) is 0 Å². The van der Waals surface area contributed by atoms with Gasteiger partial charge in [-0.2, -0.15) is 11.8 Å². The number of benzene rings is 1. The summed E-state index contributed by atoms with van der Waals surface area (Å²) in [5, 5.41) is 6.31. The van der Waals surface area contributed by atoms with Crippen molar-refractivity contribution in [1.82, 2.24) is 10.6 Å². The fourth-order valence-corrected chi connectivity index (χ4v) is 3.35. The van der Waals surface area contributed by atoms with Gasteiger partial charge in [0.05, 0.1) is 20.8 Å². The van der Waals surface area contributed by atoms with Crippen molar-refractivity contribution in [3.05, 3.63) is 18.2 Å². The molecule has 0 bridgehead atoms. The molecule has 1 unspecified atom stereocenters. The summed E-state index contributed by atoms with van der Waals surface area (Å²) in [5.74, 6) is 4.31. The smallest absolute Gasteiger partial charge is 0.221 e. The lowest BCUT2D eigenvalue weighted by molar-refractivity contribution is -0.121. The maximum Gasteiger partial charge on any atom is 0.221 e. The number of hydrogen-bond acceptors (Lipinski definition) is 6. The van der Waals surface area contributed by atoms with Crippen LogP contribution in [0, 0.1) is 0 Å². The highest BCUT2D eigenvalue weighted by Gasteiger charge is 2.16. The van der Waals surface area contributed by atoms with Gasteiger partial charge in [-0.1, -0.05) is 0 Å². The summed E-state index contributed by atoms with van der Waals surface area (Å²) in [4.78, 5) is 11.9. The lowest BCUT2D eigenvalue weighted by Crippen LogP contribution is -2.41. The van der Waals surface area contributed by atoms with Crippen LogP contribution in [0.25, 0.3) is 0 Å². The molecule has 0 aliphatic carbocycles. The predicted octanol–water partition coefficient (Wildman–Crippen LogP) is 2.11. The number of methoxy groups -OCH3 is 2. The molecule has 1 aromatic rings. The van der Waals surface area contributed by atoms with Gasteiger partial charge >= 0.3 is 0 Å². The summed E-state index contributed by atoms with van der Waals surface area (Å²) in [7, 11) is 3.21. The molecule has 1 aliphatic heterocycles. The van der Waals surface area contributed by atoms with Crippen molar-refractivity contribution >= 4 is 30.1 Å². The third-order valence-electron chi connectivity index (χ3n) is 3.67. The van der Waals surface area contributed by atoms with Crippen LogP contribution in [0.1, 0.15) is 12.8 Å². The van der Waals surface area contributed by atoms with Gasteiger partial charge in [0.25, 0.3) is 0 Å². The van der Waals surface area contributed by atoms with Gasteiger partial charge in [-0.15, -0.1) is 12.4 Å². The Hall–Kier alpha value is -1.31. The summed E-state index contributed by atoms with van der Waals surface area (Å²) in [6.07, 6.45) is 1.29. The van der Waals surface area contributed by atoms with Crippen LogP contribution in [-0.2, 0) is 4.79 Å². The molecule has 1 heterocycles. The molecule has 1 fully saturated rings. The van der Waals surface area contributed by atoms with E-state index in [1.54, 1.807) is 20.3 Å². The van der Waals surface area contributed by atoms with Crippen LogP contribution in [0.15, 0.2) is 18.2 Å². The summed E-state index contributed by atoms with van der Waals surface area (Å²) in [5.41, 5.74) is 0. The molecule has 6 nitrogen and oxygen atoms in total. The van der Waals surface area contributed by atoms with E-state index in [1.165, 1.54) is 0 Å². The largest absolute Gasteiger partial charge is 0.496 e. The molecular weight excluding hydrogens is 364 g/mol. The van der Waals surface area contributed by atoms with Crippen molar-refractivity contribution in [2.45, 2.75) is 18.9 Å². The number of hydrogen-bond donors (Lipinski definition) is 2. The first-order valence-electron chi connectivity index (χ1n) is 8.15. The average molecular weight is 391 g/mol. The van der Waals surface area contributed by atoms with Crippen molar-refractivity contribution in [1.29, 1.82) is 0 Å². The Morgan fingerprint density at radius 1 is 1.24 bits per heavy atom.